The Kier molecular flexibility index (Phi) is 1.95. The van der Waals surface area contributed by atoms with Gasteiger partial charge in [0, 0.05) is 0 Å². The molecule has 0 atom stereocenters. The number of tetrazole rings is 1. The van der Waals surface area contributed by atoms with Crippen LogP contribution in [0.15, 0.2) is 0 Å². The van der Waals surface area contributed by atoms with Crippen LogP contribution in [0.2, 0.25) is 0 Å². The van der Waals surface area contributed by atoms with Crippen molar-refractivity contribution in [2.75, 3.05) is 5.43 Å². The van der Waals surface area contributed by atoms with Gasteiger partial charge in [0.25, 0.3) is 0 Å². The Balaban J connectivity index is 2.65. The molecule has 0 radical (unpaired) electrons. The van der Waals surface area contributed by atoms with Crippen molar-refractivity contribution in [3.63, 3.8) is 0 Å². The lowest BCUT2D eigenvalue weighted by Crippen LogP contribution is -2.09. The van der Waals surface area contributed by atoms with Crippen LogP contribution in [-0.2, 0) is 6.54 Å². The van der Waals surface area contributed by atoms with Gasteiger partial charge in [-0.3, -0.25) is 0 Å². The molecule has 0 aliphatic carbocycles. The van der Waals surface area contributed by atoms with E-state index in [4.69, 9.17) is 0 Å². The molecular weight excluding hydrogens is 152 g/mol. The molecule has 0 fully saturated rings. The van der Waals surface area contributed by atoms with Crippen molar-refractivity contribution in [3.8, 4) is 0 Å². The molecule has 0 aromatic carbocycles. The molecule has 0 aliphatic rings. The van der Waals surface area contributed by atoms with Gasteiger partial charge in [0.1, 0.15) is 0 Å². The average molecular weight is 158 g/mol. The number of nitro groups is 1. The van der Waals surface area contributed by atoms with Crippen molar-refractivity contribution in [2.24, 2.45) is 0 Å². The van der Waals surface area contributed by atoms with E-state index in [-0.39, 0.29) is 5.95 Å². The van der Waals surface area contributed by atoms with Crippen molar-refractivity contribution in [2.45, 2.75) is 13.5 Å². The summed E-state index contributed by atoms with van der Waals surface area (Å²) in [7, 11) is 0. The zero-order chi connectivity index (χ0) is 8.27. The molecule has 0 bridgehead atoms. The van der Waals surface area contributed by atoms with Crippen LogP contribution < -0.4 is 5.43 Å². The molecule has 11 heavy (non-hydrogen) atoms. The fourth-order valence-electron chi connectivity index (χ4n) is 0.504. The minimum atomic E-state index is -0.739. The van der Waals surface area contributed by atoms with E-state index in [1.807, 2.05) is 0 Å². The Morgan fingerprint density at radius 3 is 3.00 bits per heavy atom. The number of nitrogens with one attached hydrogen (secondary N) is 1. The molecule has 60 valence electrons. The number of aromatic nitrogens is 4. The standard InChI is InChI=1S/C3H6N6O2/c1-2-8-5-3(4-7-8)6-9(10)11/h2H2,1H3,(H,5,6). The first-order valence-corrected chi connectivity index (χ1v) is 2.91. The van der Waals surface area contributed by atoms with Crippen molar-refractivity contribution in [3.05, 3.63) is 10.1 Å². The topological polar surface area (TPSA) is 98.8 Å². The minimum Gasteiger partial charge on any atom is -0.234 e. The second-order valence-electron chi connectivity index (χ2n) is 1.67. The highest BCUT2D eigenvalue weighted by molar-refractivity contribution is 5.12. The molecule has 1 aromatic heterocycles. The molecule has 1 rings (SSSR count). The largest absolute Gasteiger partial charge is 0.323 e. The Hall–Kier alpha value is -1.73. The summed E-state index contributed by atoms with van der Waals surface area (Å²) in [5, 5.41) is 19.6. The third kappa shape index (κ3) is 1.85. The number of nitrogens with zero attached hydrogens (tertiary/aromatic N) is 5. The maximum atomic E-state index is 9.84. The zero-order valence-corrected chi connectivity index (χ0v) is 5.76. The summed E-state index contributed by atoms with van der Waals surface area (Å²) in [4.78, 5) is 11.1. The molecule has 0 saturated heterocycles. The summed E-state index contributed by atoms with van der Waals surface area (Å²) >= 11 is 0. The van der Waals surface area contributed by atoms with E-state index in [9.17, 15) is 10.1 Å². The van der Waals surface area contributed by atoms with Crippen LogP contribution in [0.25, 0.3) is 0 Å². The Morgan fingerprint density at radius 1 is 1.82 bits per heavy atom. The van der Waals surface area contributed by atoms with E-state index in [0.717, 1.165) is 0 Å². The van der Waals surface area contributed by atoms with Crippen molar-refractivity contribution in [1.29, 1.82) is 0 Å². The van der Waals surface area contributed by atoms with Crippen LogP contribution in [0.1, 0.15) is 6.92 Å². The SMILES string of the molecule is CCn1nnc(N[N+](=O)[O-])n1. The fourth-order valence-corrected chi connectivity index (χ4v) is 0.504. The van der Waals surface area contributed by atoms with E-state index in [2.05, 4.69) is 15.4 Å². The van der Waals surface area contributed by atoms with Gasteiger partial charge in [0.05, 0.1) is 6.54 Å². The maximum absolute atomic E-state index is 9.84. The summed E-state index contributed by atoms with van der Waals surface area (Å²) in [6.45, 7) is 2.34. The summed E-state index contributed by atoms with van der Waals surface area (Å²) in [5.74, 6) is -0.100. The maximum Gasteiger partial charge on any atom is 0.323 e. The summed E-state index contributed by atoms with van der Waals surface area (Å²) in [5.41, 5.74) is 1.78. The first-order chi connectivity index (χ1) is 5.22. The number of aryl methyl sites for hydroxylation is 1. The molecular formula is C3H6N6O2. The highest BCUT2D eigenvalue weighted by atomic mass is 16.7. The van der Waals surface area contributed by atoms with Gasteiger partial charge in [-0.1, -0.05) is 10.5 Å². The molecule has 0 spiro atoms. The third-order valence-electron chi connectivity index (χ3n) is 0.927. The summed E-state index contributed by atoms with van der Waals surface area (Å²) < 4.78 is 0. The van der Waals surface area contributed by atoms with Gasteiger partial charge in [-0.2, -0.15) is 4.80 Å². The van der Waals surface area contributed by atoms with Gasteiger partial charge in [0.15, 0.2) is 5.03 Å². The lowest BCUT2D eigenvalue weighted by atomic mass is 10.8. The van der Waals surface area contributed by atoms with Crippen LogP contribution >= 0.6 is 0 Å². The molecule has 1 aromatic rings. The minimum absolute atomic E-state index is 0.100. The van der Waals surface area contributed by atoms with Crippen molar-refractivity contribution >= 4 is 5.95 Å². The Bertz CT molecular complexity index is 256. The van der Waals surface area contributed by atoms with E-state index in [1.165, 1.54) is 4.80 Å². The van der Waals surface area contributed by atoms with Crippen LogP contribution in [0.4, 0.5) is 5.95 Å². The van der Waals surface area contributed by atoms with Crippen LogP contribution in [0.3, 0.4) is 0 Å². The quantitative estimate of drug-likeness (QED) is 0.461. The van der Waals surface area contributed by atoms with E-state index < -0.39 is 5.03 Å². The molecule has 1 heterocycles. The Labute approximate surface area is 61.3 Å². The number of hydrogen-bond acceptors (Lipinski definition) is 5. The molecule has 8 nitrogen and oxygen atoms in total. The van der Waals surface area contributed by atoms with Gasteiger partial charge in [-0.05, 0) is 12.1 Å². The molecule has 8 heteroatoms. The van der Waals surface area contributed by atoms with Crippen molar-refractivity contribution in [1.82, 2.24) is 20.2 Å². The van der Waals surface area contributed by atoms with E-state index in [0.29, 0.717) is 6.54 Å². The predicted octanol–water partition coefficient (Wildman–Crippen LogP) is -0.703. The van der Waals surface area contributed by atoms with E-state index >= 15 is 0 Å². The lowest BCUT2D eigenvalue weighted by molar-refractivity contribution is -0.446. The number of hydrazine groups is 1. The summed E-state index contributed by atoms with van der Waals surface area (Å²) in [6.07, 6.45) is 0. The average Bonchev–Trinajstić information content (AvgIpc) is 2.34. The normalized spacial score (nSPS) is 9.55. The molecule has 0 unspecified atom stereocenters. The molecule has 0 aliphatic heterocycles. The van der Waals surface area contributed by atoms with Gasteiger partial charge in [0.2, 0.25) is 0 Å². The van der Waals surface area contributed by atoms with Gasteiger partial charge >= 0.3 is 5.95 Å². The van der Waals surface area contributed by atoms with Gasteiger partial charge in [-0.25, -0.2) is 10.1 Å². The zero-order valence-electron chi connectivity index (χ0n) is 5.76. The third-order valence-corrected chi connectivity index (χ3v) is 0.927. The molecule has 0 amide bonds. The highest BCUT2D eigenvalue weighted by Gasteiger charge is 2.04. The first kappa shape index (κ1) is 7.38. The van der Waals surface area contributed by atoms with Gasteiger partial charge in [-0.15, -0.1) is 5.10 Å². The predicted molar refractivity (Wildman–Crippen MR) is 34.1 cm³/mol. The molecule has 1 N–H and O–H groups in total. The first-order valence-electron chi connectivity index (χ1n) is 2.91. The fraction of sp³-hybridized carbons (Fsp3) is 0.667. The second kappa shape index (κ2) is 2.90. The number of hydrogen-bond donors (Lipinski definition) is 1. The second-order valence-corrected chi connectivity index (χ2v) is 1.67. The highest BCUT2D eigenvalue weighted by Crippen LogP contribution is 1.91. The molecule has 0 saturated carbocycles. The summed E-state index contributed by atoms with van der Waals surface area (Å²) in [6, 6.07) is 0. The van der Waals surface area contributed by atoms with Gasteiger partial charge < -0.3 is 0 Å². The van der Waals surface area contributed by atoms with E-state index in [1.54, 1.807) is 12.3 Å². The van der Waals surface area contributed by atoms with Crippen molar-refractivity contribution < 1.29 is 5.03 Å². The monoisotopic (exact) mass is 158 g/mol. The van der Waals surface area contributed by atoms with Crippen LogP contribution in [-0.4, -0.2) is 25.2 Å². The van der Waals surface area contributed by atoms with Crippen LogP contribution in [0.5, 0.6) is 0 Å². The smallest absolute Gasteiger partial charge is 0.234 e. The number of anilines is 1. The van der Waals surface area contributed by atoms with Crippen LogP contribution in [0, 0.1) is 10.1 Å². The Morgan fingerprint density at radius 2 is 2.55 bits per heavy atom. The number of rotatable bonds is 3. The lowest BCUT2D eigenvalue weighted by Gasteiger charge is -1.86.